The van der Waals surface area contributed by atoms with Gasteiger partial charge >= 0.3 is 0 Å². The summed E-state index contributed by atoms with van der Waals surface area (Å²) in [7, 11) is 0. The predicted molar refractivity (Wildman–Crippen MR) is 67.8 cm³/mol. The third kappa shape index (κ3) is 3.14. The van der Waals surface area contributed by atoms with E-state index in [1.54, 1.807) is 6.92 Å². The predicted octanol–water partition coefficient (Wildman–Crippen LogP) is 2.58. The second-order valence-electron chi connectivity index (χ2n) is 5.94. The molecule has 0 bridgehead atoms. The summed E-state index contributed by atoms with van der Waals surface area (Å²) < 4.78 is 1.87. The first-order valence-corrected chi connectivity index (χ1v) is 6.12. The largest absolute Gasteiger partial charge is 0.299 e. The highest BCUT2D eigenvalue weighted by atomic mass is 16.1. The molecule has 96 valence electrons. The van der Waals surface area contributed by atoms with E-state index in [1.807, 2.05) is 24.7 Å². The van der Waals surface area contributed by atoms with Crippen molar-refractivity contribution >= 4 is 5.78 Å². The van der Waals surface area contributed by atoms with Crippen LogP contribution in [0.3, 0.4) is 0 Å². The Balaban J connectivity index is 2.91. The Hall–Kier alpha value is -1.19. The Morgan fingerprint density at radius 1 is 1.35 bits per heavy atom. The first kappa shape index (κ1) is 13.9. The monoisotopic (exact) mass is 237 g/mol. The normalized spacial score (nSPS) is 12.8. The molecule has 0 saturated carbocycles. The number of aryl methyl sites for hydroxylation is 1. The molecule has 0 aliphatic rings. The summed E-state index contributed by atoms with van der Waals surface area (Å²) >= 11 is 0. The van der Waals surface area contributed by atoms with Crippen molar-refractivity contribution in [2.45, 2.75) is 59.9 Å². The molecule has 0 saturated heterocycles. The molecule has 4 nitrogen and oxygen atoms in total. The Labute approximate surface area is 103 Å². The molecule has 1 aromatic heterocycles. The molecule has 0 unspecified atom stereocenters. The van der Waals surface area contributed by atoms with Crippen LogP contribution in [0.15, 0.2) is 6.20 Å². The third-order valence-electron chi connectivity index (χ3n) is 3.35. The van der Waals surface area contributed by atoms with Crippen LogP contribution in [0.4, 0.5) is 0 Å². The summed E-state index contributed by atoms with van der Waals surface area (Å²) in [6, 6.07) is 0. The van der Waals surface area contributed by atoms with E-state index in [0.717, 1.165) is 18.5 Å². The van der Waals surface area contributed by atoms with Gasteiger partial charge in [0.15, 0.2) is 0 Å². The molecule has 4 heteroatoms. The molecule has 1 rings (SSSR count). The topological polar surface area (TPSA) is 47.8 Å². The first-order valence-electron chi connectivity index (χ1n) is 6.12. The minimum Gasteiger partial charge on any atom is -0.299 e. The van der Waals surface area contributed by atoms with E-state index < -0.39 is 0 Å². The highest BCUT2D eigenvalue weighted by molar-refractivity contribution is 5.81. The number of aromatic nitrogens is 3. The molecule has 0 aromatic carbocycles. The van der Waals surface area contributed by atoms with Gasteiger partial charge in [-0.05, 0) is 33.6 Å². The van der Waals surface area contributed by atoms with Gasteiger partial charge in [0, 0.05) is 11.6 Å². The smallest absolute Gasteiger partial charge is 0.135 e. The van der Waals surface area contributed by atoms with Gasteiger partial charge in [0.2, 0.25) is 0 Å². The number of rotatable bonds is 5. The van der Waals surface area contributed by atoms with Crippen LogP contribution in [-0.2, 0) is 16.8 Å². The zero-order valence-corrected chi connectivity index (χ0v) is 11.7. The summed E-state index contributed by atoms with van der Waals surface area (Å²) in [4.78, 5) is 11.6. The van der Waals surface area contributed by atoms with Gasteiger partial charge < -0.3 is 0 Å². The Morgan fingerprint density at radius 3 is 2.35 bits per heavy atom. The summed E-state index contributed by atoms with van der Waals surface area (Å²) in [5.74, 6) is 0.210. The number of carbonyl (C=O) groups is 1. The molecule has 0 amide bonds. The maximum Gasteiger partial charge on any atom is 0.135 e. The maximum atomic E-state index is 11.6. The molecular weight excluding hydrogens is 214 g/mol. The number of hydrogen-bond donors (Lipinski definition) is 0. The number of hydrogen-bond acceptors (Lipinski definition) is 3. The summed E-state index contributed by atoms with van der Waals surface area (Å²) in [6.07, 6.45) is 3.60. The molecule has 0 aliphatic carbocycles. The van der Waals surface area contributed by atoms with Gasteiger partial charge in [0.1, 0.15) is 5.78 Å². The average molecular weight is 237 g/mol. The molecule has 0 N–H and O–H groups in total. The molecule has 1 aromatic rings. The number of Topliss-reactive ketones (excluding diaryl/α,β-unsaturated/α-hetero) is 1. The van der Waals surface area contributed by atoms with Crippen LogP contribution in [0.5, 0.6) is 0 Å². The molecule has 0 aliphatic heterocycles. The minimum atomic E-state index is -0.332. The van der Waals surface area contributed by atoms with Crippen molar-refractivity contribution in [1.82, 2.24) is 15.0 Å². The van der Waals surface area contributed by atoms with Crippen LogP contribution >= 0.6 is 0 Å². The molecule has 0 radical (unpaired) electrons. The van der Waals surface area contributed by atoms with Gasteiger partial charge in [-0.3, -0.25) is 4.79 Å². The lowest BCUT2D eigenvalue weighted by Gasteiger charge is -2.33. The summed E-state index contributed by atoms with van der Waals surface area (Å²) in [5.41, 5.74) is 0.455. The second-order valence-corrected chi connectivity index (χ2v) is 5.94. The average Bonchev–Trinajstić information content (AvgIpc) is 2.64. The zero-order valence-electron chi connectivity index (χ0n) is 11.7. The highest BCUT2D eigenvalue weighted by Gasteiger charge is 2.34. The molecule has 0 spiro atoms. The van der Waals surface area contributed by atoms with Crippen LogP contribution in [-0.4, -0.2) is 20.8 Å². The summed E-state index contributed by atoms with van der Waals surface area (Å²) in [6.45, 7) is 11.8. The van der Waals surface area contributed by atoms with Gasteiger partial charge in [0.25, 0.3) is 0 Å². The van der Waals surface area contributed by atoms with Crippen molar-refractivity contribution in [2.75, 3.05) is 0 Å². The number of ketones is 1. The van der Waals surface area contributed by atoms with E-state index in [1.165, 1.54) is 0 Å². The molecule has 17 heavy (non-hydrogen) atoms. The van der Waals surface area contributed by atoms with E-state index in [4.69, 9.17) is 0 Å². The van der Waals surface area contributed by atoms with E-state index >= 15 is 0 Å². The maximum absolute atomic E-state index is 11.6. The third-order valence-corrected chi connectivity index (χ3v) is 3.35. The highest BCUT2D eigenvalue weighted by Crippen LogP contribution is 2.32. The molecular formula is C13H23N3O. The zero-order chi connectivity index (χ0) is 13.3. The van der Waals surface area contributed by atoms with Crippen LogP contribution in [0.2, 0.25) is 0 Å². The lowest BCUT2D eigenvalue weighted by atomic mass is 9.77. The number of nitrogens with zero attached hydrogens (tertiary/aromatic N) is 3. The van der Waals surface area contributed by atoms with Crippen LogP contribution in [0, 0.1) is 5.41 Å². The Bertz CT molecular complexity index is 405. The van der Waals surface area contributed by atoms with Gasteiger partial charge in [0.05, 0.1) is 11.2 Å². The van der Waals surface area contributed by atoms with Crippen molar-refractivity contribution in [1.29, 1.82) is 0 Å². The van der Waals surface area contributed by atoms with Crippen LogP contribution in [0.1, 0.15) is 53.7 Å². The fourth-order valence-corrected chi connectivity index (χ4v) is 2.04. The lowest BCUT2D eigenvalue weighted by molar-refractivity contribution is -0.126. The van der Waals surface area contributed by atoms with Crippen molar-refractivity contribution in [3.63, 3.8) is 0 Å². The molecule has 1 heterocycles. The summed E-state index contributed by atoms with van der Waals surface area (Å²) in [5, 5.41) is 8.26. The molecule has 0 atom stereocenters. The van der Waals surface area contributed by atoms with Gasteiger partial charge in [-0.15, -0.1) is 5.10 Å². The van der Waals surface area contributed by atoms with E-state index in [-0.39, 0.29) is 16.7 Å². The van der Waals surface area contributed by atoms with Gasteiger partial charge in [-0.2, -0.15) is 0 Å². The fraction of sp³-hybridized carbons (Fsp3) is 0.769. The van der Waals surface area contributed by atoms with Crippen molar-refractivity contribution in [3.8, 4) is 0 Å². The lowest BCUT2D eigenvalue weighted by Crippen LogP contribution is -2.36. The van der Waals surface area contributed by atoms with Crippen molar-refractivity contribution in [2.24, 2.45) is 5.41 Å². The number of carbonyl (C=O) groups excluding carboxylic acids is 1. The Morgan fingerprint density at radius 2 is 1.94 bits per heavy atom. The van der Waals surface area contributed by atoms with Crippen LogP contribution in [0.25, 0.3) is 0 Å². The second kappa shape index (κ2) is 4.59. The Kier molecular flexibility index (Phi) is 3.74. The first-order chi connectivity index (χ1) is 7.69. The van der Waals surface area contributed by atoms with Crippen molar-refractivity contribution in [3.05, 3.63) is 11.9 Å². The van der Waals surface area contributed by atoms with Gasteiger partial charge in [-0.1, -0.05) is 26.0 Å². The minimum absolute atomic E-state index is 0.199. The van der Waals surface area contributed by atoms with E-state index in [9.17, 15) is 4.79 Å². The van der Waals surface area contributed by atoms with Gasteiger partial charge in [-0.25, -0.2) is 4.68 Å². The standard InChI is InChI=1S/C13H23N3O/c1-7-11-8-16(15-14-11)13(5,6)9-12(3,4)10(2)17/h8H,7,9H2,1-6H3. The molecule has 0 fully saturated rings. The quantitative estimate of drug-likeness (QED) is 0.790. The fourth-order valence-electron chi connectivity index (χ4n) is 2.04. The van der Waals surface area contributed by atoms with E-state index in [2.05, 4.69) is 31.1 Å². The van der Waals surface area contributed by atoms with Crippen molar-refractivity contribution < 1.29 is 4.79 Å². The van der Waals surface area contributed by atoms with Crippen LogP contribution < -0.4 is 0 Å². The SMILES string of the molecule is CCc1cn(C(C)(C)CC(C)(C)C(C)=O)nn1. The van der Waals surface area contributed by atoms with E-state index in [0.29, 0.717) is 0 Å².